The van der Waals surface area contributed by atoms with E-state index in [2.05, 4.69) is 21.7 Å². The Balaban J connectivity index is 3.64. The maximum atomic E-state index is 11.5. The molecule has 0 unspecified atom stereocenters. The Morgan fingerprint density at radius 2 is 0.760 bits per heavy atom. The van der Waals surface area contributed by atoms with E-state index >= 15 is 0 Å². The minimum Gasteiger partial charge on any atom is -0.273 e. The van der Waals surface area contributed by atoms with Crippen LogP contribution in [-0.2, 0) is 19.2 Å². The van der Waals surface area contributed by atoms with Gasteiger partial charge in [0.15, 0.2) is 0 Å². The van der Waals surface area contributed by atoms with Crippen LogP contribution < -0.4 is 21.7 Å². The van der Waals surface area contributed by atoms with E-state index in [1.54, 1.807) is 0 Å². The Morgan fingerprint density at radius 3 is 1.04 bits per heavy atom. The first kappa shape index (κ1) is 22.9. The molecule has 0 aromatic heterocycles. The molecule has 0 atom stereocenters. The lowest BCUT2D eigenvalue weighted by Gasteiger charge is -2.08. The Morgan fingerprint density at radius 1 is 0.480 bits per heavy atom. The average molecular weight is 356 g/mol. The van der Waals surface area contributed by atoms with E-state index in [1.165, 1.54) is 0 Å². The quantitative estimate of drug-likeness (QED) is 0.314. The van der Waals surface area contributed by atoms with Gasteiger partial charge in [0.1, 0.15) is 0 Å². The predicted octanol–water partition coefficient (Wildman–Crippen LogP) is 1.61. The monoisotopic (exact) mass is 356 g/mol. The number of hydrazine groups is 2. The fourth-order valence-corrected chi connectivity index (χ4v) is 2.01. The molecule has 4 N–H and O–H groups in total. The van der Waals surface area contributed by atoms with Crippen molar-refractivity contribution in [1.82, 2.24) is 21.7 Å². The highest BCUT2D eigenvalue weighted by Gasteiger charge is 2.08. The van der Waals surface area contributed by atoms with Crippen molar-refractivity contribution in [1.29, 1.82) is 0 Å². The predicted molar refractivity (Wildman–Crippen MR) is 94.7 cm³/mol. The standard InChI is InChI=1S/C17H32N4O4/c1-3-5-7-10-14(22)18-20-16(24)12-9-13-17(25)21-19-15(23)11-8-6-4-2/h3-13H2,1-2H3,(H,18,22)(H,19,23)(H,20,24)(H,21,25). The van der Waals surface area contributed by atoms with Gasteiger partial charge in [-0.2, -0.15) is 0 Å². The zero-order valence-electron chi connectivity index (χ0n) is 15.4. The Bertz CT molecular complexity index is 389. The maximum absolute atomic E-state index is 11.5. The van der Waals surface area contributed by atoms with Crippen molar-refractivity contribution < 1.29 is 19.2 Å². The molecule has 0 heterocycles. The lowest BCUT2D eigenvalue weighted by atomic mass is 10.2. The molecule has 0 spiro atoms. The first-order valence-corrected chi connectivity index (χ1v) is 9.14. The van der Waals surface area contributed by atoms with Crippen molar-refractivity contribution >= 4 is 23.6 Å². The molecule has 0 rings (SSSR count). The normalized spacial score (nSPS) is 10.0. The fraction of sp³-hybridized carbons (Fsp3) is 0.765. The van der Waals surface area contributed by atoms with Crippen LogP contribution in [0.5, 0.6) is 0 Å². The van der Waals surface area contributed by atoms with Crippen molar-refractivity contribution in [3.8, 4) is 0 Å². The van der Waals surface area contributed by atoms with Crippen molar-refractivity contribution in [3.63, 3.8) is 0 Å². The lowest BCUT2D eigenvalue weighted by molar-refractivity contribution is -0.130. The van der Waals surface area contributed by atoms with E-state index in [4.69, 9.17) is 0 Å². The summed E-state index contributed by atoms with van der Waals surface area (Å²) in [4.78, 5) is 45.9. The molecule has 144 valence electrons. The molecule has 0 aliphatic carbocycles. The molecule has 25 heavy (non-hydrogen) atoms. The second-order valence-electron chi connectivity index (χ2n) is 5.96. The Hall–Kier alpha value is -2.12. The average Bonchev–Trinajstić information content (AvgIpc) is 2.58. The molecule has 0 aromatic rings. The molecular formula is C17H32N4O4. The molecule has 0 fully saturated rings. The summed E-state index contributed by atoms with van der Waals surface area (Å²) >= 11 is 0. The summed E-state index contributed by atoms with van der Waals surface area (Å²) in [5.74, 6) is -1.13. The molecule has 8 heteroatoms. The van der Waals surface area contributed by atoms with Gasteiger partial charge in [0, 0.05) is 25.7 Å². The van der Waals surface area contributed by atoms with E-state index in [9.17, 15) is 19.2 Å². The number of nitrogens with one attached hydrogen (secondary N) is 4. The number of hydrogen-bond donors (Lipinski definition) is 4. The number of carbonyl (C=O) groups excluding carboxylic acids is 4. The summed E-state index contributed by atoms with van der Waals surface area (Å²) in [5.41, 5.74) is 9.34. The van der Waals surface area contributed by atoms with Gasteiger partial charge >= 0.3 is 0 Å². The lowest BCUT2D eigenvalue weighted by Crippen LogP contribution is -2.42. The van der Waals surface area contributed by atoms with Crippen molar-refractivity contribution in [2.24, 2.45) is 0 Å². The number of carbonyl (C=O) groups is 4. The van der Waals surface area contributed by atoms with Gasteiger partial charge in [-0.15, -0.1) is 0 Å². The zero-order valence-corrected chi connectivity index (χ0v) is 15.4. The molecule has 0 saturated heterocycles. The van der Waals surface area contributed by atoms with Gasteiger partial charge in [0.05, 0.1) is 0 Å². The fourth-order valence-electron chi connectivity index (χ4n) is 2.01. The number of hydrogen-bond acceptors (Lipinski definition) is 4. The van der Waals surface area contributed by atoms with Crippen LogP contribution in [0.3, 0.4) is 0 Å². The van der Waals surface area contributed by atoms with Crippen LogP contribution in [0.1, 0.15) is 84.5 Å². The second kappa shape index (κ2) is 15.4. The van der Waals surface area contributed by atoms with Crippen LogP contribution in [0.2, 0.25) is 0 Å². The summed E-state index contributed by atoms with van der Waals surface area (Å²) in [6, 6.07) is 0. The zero-order chi connectivity index (χ0) is 18.9. The van der Waals surface area contributed by atoms with Gasteiger partial charge in [0.2, 0.25) is 23.6 Å². The Kier molecular flexibility index (Phi) is 14.1. The molecule has 0 aliphatic heterocycles. The van der Waals surface area contributed by atoms with Gasteiger partial charge in [-0.25, -0.2) is 0 Å². The van der Waals surface area contributed by atoms with Crippen molar-refractivity contribution in [2.75, 3.05) is 0 Å². The van der Waals surface area contributed by atoms with Gasteiger partial charge in [-0.1, -0.05) is 39.5 Å². The largest absolute Gasteiger partial charge is 0.273 e. The summed E-state index contributed by atoms with van der Waals surface area (Å²) in [6.45, 7) is 4.10. The number of rotatable bonds is 12. The number of amides is 4. The third-order valence-corrected chi connectivity index (χ3v) is 3.51. The van der Waals surface area contributed by atoms with E-state index in [-0.39, 0.29) is 36.5 Å². The maximum Gasteiger partial charge on any atom is 0.238 e. The van der Waals surface area contributed by atoms with Gasteiger partial charge in [0.25, 0.3) is 0 Å². The van der Waals surface area contributed by atoms with E-state index in [0.29, 0.717) is 19.3 Å². The summed E-state index contributed by atoms with van der Waals surface area (Å²) in [6.07, 6.45) is 6.93. The van der Waals surface area contributed by atoms with Crippen LogP contribution in [0.4, 0.5) is 0 Å². The molecule has 0 aromatic carbocycles. The molecule has 8 nitrogen and oxygen atoms in total. The van der Waals surface area contributed by atoms with Crippen LogP contribution >= 0.6 is 0 Å². The molecule has 0 aliphatic rings. The highest BCUT2D eigenvalue weighted by Crippen LogP contribution is 1.99. The highest BCUT2D eigenvalue weighted by molar-refractivity contribution is 5.83. The summed E-state index contributed by atoms with van der Waals surface area (Å²) in [7, 11) is 0. The van der Waals surface area contributed by atoms with Crippen LogP contribution in [0, 0.1) is 0 Å². The highest BCUT2D eigenvalue weighted by atomic mass is 16.2. The Labute approximate surface area is 149 Å². The van der Waals surface area contributed by atoms with Crippen LogP contribution in [-0.4, -0.2) is 23.6 Å². The van der Waals surface area contributed by atoms with E-state index < -0.39 is 0 Å². The molecule has 4 amide bonds. The minimum absolute atomic E-state index is 0.118. The minimum atomic E-state index is -0.347. The first-order valence-electron chi connectivity index (χ1n) is 9.14. The third kappa shape index (κ3) is 15.2. The van der Waals surface area contributed by atoms with Gasteiger partial charge < -0.3 is 0 Å². The van der Waals surface area contributed by atoms with Crippen molar-refractivity contribution in [2.45, 2.75) is 84.5 Å². The van der Waals surface area contributed by atoms with Gasteiger partial charge in [-0.05, 0) is 19.3 Å². The van der Waals surface area contributed by atoms with E-state index in [0.717, 1.165) is 38.5 Å². The van der Waals surface area contributed by atoms with Crippen molar-refractivity contribution in [3.05, 3.63) is 0 Å². The van der Waals surface area contributed by atoms with E-state index in [1.807, 2.05) is 13.8 Å². The summed E-state index contributed by atoms with van der Waals surface area (Å²) in [5, 5.41) is 0. The summed E-state index contributed by atoms with van der Waals surface area (Å²) < 4.78 is 0. The first-order chi connectivity index (χ1) is 12.0. The molecule has 0 bridgehead atoms. The van der Waals surface area contributed by atoms with Crippen LogP contribution in [0.15, 0.2) is 0 Å². The van der Waals surface area contributed by atoms with Crippen LogP contribution in [0.25, 0.3) is 0 Å². The number of unbranched alkanes of at least 4 members (excludes halogenated alkanes) is 4. The topological polar surface area (TPSA) is 116 Å². The molecular weight excluding hydrogens is 324 g/mol. The SMILES string of the molecule is CCCCCC(=O)NNC(=O)CCCC(=O)NNC(=O)CCCCC. The smallest absolute Gasteiger partial charge is 0.238 e. The van der Waals surface area contributed by atoms with Gasteiger partial charge in [-0.3, -0.25) is 40.9 Å². The third-order valence-electron chi connectivity index (χ3n) is 3.51. The molecule has 0 saturated carbocycles. The second-order valence-corrected chi connectivity index (χ2v) is 5.96. The molecule has 0 radical (unpaired) electrons.